The molecule has 19 heavy (non-hydrogen) atoms. The second-order valence-electron chi connectivity index (χ2n) is 4.51. The lowest BCUT2D eigenvalue weighted by Crippen LogP contribution is -2.17. The van der Waals surface area contributed by atoms with Gasteiger partial charge in [-0.05, 0) is 65.2 Å². The molecule has 1 atom stereocenters. The molecule has 0 radical (unpaired) electrons. The van der Waals surface area contributed by atoms with Crippen LogP contribution in [-0.2, 0) is 6.42 Å². The van der Waals surface area contributed by atoms with E-state index in [-0.39, 0.29) is 6.04 Å². The lowest BCUT2D eigenvalue weighted by molar-refractivity contribution is 0.479. The van der Waals surface area contributed by atoms with Crippen molar-refractivity contribution in [2.45, 2.75) is 19.4 Å². The number of benzene rings is 2. The lowest BCUT2D eigenvalue weighted by Gasteiger charge is -2.11. The van der Waals surface area contributed by atoms with E-state index in [0.717, 1.165) is 26.9 Å². The molecule has 0 aliphatic heterocycles. The average Bonchev–Trinajstić information content (AvgIpc) is 2.32. The summed E-state index contributed by atoms with van der Waals surface area (Å²) in [5.74, 6) is 1.60. The first-order chi connectivity index (χ1) is 9.04. The molecular formula is C15H15Br2NO. The molecule has 2 aromatic carbocycles. The number of rotatable bonds is 4. The summed E-state index contributed by atoms with van der Waals surface area (Å²) in [7, 11) is 0. The van der Waals surface area contributed by atoms with Crippen LogP contribution < -0.4 is 10.5 Å². The molecule has 0 aliphatic carbocycles. The van der Waals surface area contributed by atoms with Crippen LogP contribution in [0.5, 0.6) is 11.5 Å². The molecule has 100 valence electrons. The second-order valence-corrected chi connectivity index (χ2v) is 6.28. The lowest BCUT2D eigenvalue weighted by atomic mass is 10.1. The van der Waals surface area contributed by atoms with Crippen LogP contribution in [0.4, 0.5) is 0 Å². The quantitative estimate of drug-likeness (QED) is 0.813. The van der Waals surface area contributed by atoms with Crippen LogP contribution in [0.1, 0.15) is 12.5 Å². The highest BCUT2D eigenvalue weighted by molar-refractivity contribution is 9.10. The first kappa shape index (κ1) is 14.6. The summed E-state index contributed by atoms with van der Waals surface area (Å²) in [6.07, 6.45) is 0.857. The van der Waals surface area contributed by atoms with Gasteiger partial charge in [0.25, 0.3) is 0 Å². The van der Waals surface area contributed by atoms with Crippen LogP contribution in [0.25, 0.3) is 0 Å². The Morgan fingerprint density at radius 2 is 1.95 bits per heavy atom. The van der Waals surface area contributed by atoms with Gasteiger partial charge in [-0.15, -0.1) is 0 Å². The number of halogens is 2. The Hall–Kier alpha value is -0.840. The van der Waals surface area contributed by atoms with E-state index in [1.165, 1.54) is 5.56 Å². The zero-order chi connectivity index (χ0) is 13.8. The number of ether oxygens (including phenoxy) is 1. The Labute approximate surface area is 130 Å². The van der Waals surface area contributed by atoms with Crippen molar-refractivity contribution in [3.8, 4) is 11.5 Å². The third-order valence-electron chi connectivity index (χ3n) is 2.58. The Bertz CT molecular complexity index is 570. The zero-order valence-electron chi connectivity index (χ0n) is 10.6. The summed E-state index contributed by atoms with van der Waals surface area (Å²) >= 11 is 6.96. The maximum Gasteiger partial charge on any atom is 0.141 e. The maximum atomic E-state index is 5.84. The standard InChI is InChI=1S/C15H15Br2NO/c1-10(18)7-11-5-6-15(14(17)8-11)19-13-4-2-3-12(16)9-13/h2-6,8-10H,7,18H2,1H3. The smallest absolute Gasteiger partial charge is 0.141 e. The highest BCUT2D eigenvalue weighted by Crippen LogP contribution is 2.31. The number of hydrogen-bond acceptors (Lipinski definition) is 2. The third kappa shape index (κ3) is 4.34. The van der Waals surface area contributed by atoms with Gasteiger partial charge >= 0.3 is 0 Å². The molecule has 1 unspecified atom stereocenters. The van der Waals surface area contributed by atoms with Crippen LogP contribution in [0.15, 0.2) is 51.4 Å². The summed E-state index contributed by atoms with van der Waals surface area (Å²) in [4.78, 5) is 0. The Balaban J connectivity index is 2.17. The van der Waals surface area contributed by atoms with Crippen LogP contribution in [-0.4, -0.2) is 6.04 Å². The molecule has 0 saturated carbocycles. The van der Waals surface area contributed by atoms with Gasteiger partial charge in [0, 0.05) is 10.5 Å². The van der Waals surface area contributed by atoms with Crippen molar-refractivity contribution in [1.29, 1.82) is 0 Å². The van der Waals surface area contributed by atoms with Crippen molar-refractivity contribution < 1.29 is 4.74 Å². The van der Waals surface area contributed by atoms with E-state index in [9.17, 15) is 0 Å². The number of nitrogens with two attached hydrogens (primary N) is 1. The summed E-state index contributed by atoms with van der Waals surface area (Å²) in [6, 6.07) is 14.0. The minimum atomic E-state index is 0.156. The fourth-order valence-corrected chi connectivity index (χ4v) is 2.67. The van der Waals surface area contributed by atoms with E-state index in [0.29, 0.717) is 0 Å². The molecule has 2 N–H and O–H groups in total. The van der Waals surface area contributed by atoms with Gasteiger partial charge < -0.3 is 10.5 Å². The Morgan fingerprint density at radius 3 is 2.58 bits per heavy atom. The topological polar surface area (TPSA) is 35.2 Å². The zero-order valence-corrected chi connectivity index (χ0v) is 13.7. The SMILES string of the molecule is CC(N)Cc1ccc(Oc2cccc(Br)c2)c(Br)c1. The highest BCUT2D eigenvalue weighted by atomic mass is 79.9. The monoisotopic (exact) mass is 383 g/mol. The first-order valence-electron chi connectivity index (χ1n) is 6.02. The normalized spacial score (nSPS) is 12.2. The van der Waals surface area contributed by atoms with Gasteiger partial charge in [0.1, 0.15) is 11.5 Å². The van der Waals surface area contributed by atoms with E-state index >= 15 is 0 Å². The van der Waals surface area contributed by atoms with E-state index in [1.807, 2.05) is 43.3 Å². The van der Waals surface area contributed by atoms with Crippen molar-refractivity contribution in [1.82, 2.24) is 0 Å². The molecule has 0 aliphatic rings. The predicted molar refractivity (Wildman–Crippen MR) is 85.7 cm³/mol. The summed E-state index contributed by atoms with van der Waals surface area (Å²) in [5.41, 5.74) is 7.00. The summed E-state index contributed by atoms with van der Waals surface area (Å²) < 4.78 is 7.77. The third-order valence-corrected chi connectivity index (χ3v) is 3.69. The van der Waals surface area contributed by atoms with E-state index in [2.05, 4.69) is 37.9 Å². The van der Waals surface area contributed by atoms with E-state index in [4.69, 9.17) is 10.5 Å². The average molecular weight is 385 g/mol. The number of hydrogen-bond donors (Lipinski definition) is 1. The molecule has 2 rings (SSSR count). The largest absolute Gasteiger partial charge is 0.456 e. The molecule has 0 aromatic heterocycles. The minimum absolute atomic E-state index is 0.156. The van der Waals surface area contributed by atoms with Gasteiger partial charge in [-0.25, -0.2) is 0 Å². The molecule has 0 amide bonds. The predicted octanol–water partition coefficient (Wildman–Crippen LogP) is 4.89. The van der Waals surface area contributed by atoms with E-state index in [1.54, 1.807) is 0 Å². The van der Waals surface area contributed by atoms with Crippen molar-refractivity contribution in [2.24, 2.45) is 5.73 Å². The molecule has 0 saturated heterocycles. The van der Waals surface area contributed by atoms with Crippen LogP contribution in [0.3, 0.4) is 0 Å². The molecule has 2 aromatic rings. The Morgan fingerprint density at radius 1 is 1.16 bits per heavy atom. The van der Waals surface area contributed by atoms with Crippen molar-refractivity contribution in [3.05, 3.63) is 57.0 Å². The first-order valence-corrected chi connectivity index (χ1v) is 7.60. The van der Waals surface area contributed by atoms with Gasteiger partial charge in [-0.2, -0.15) is 0 Å². The van der Waals surface area contributed by atoms with Crippen molar-refractivity contribution in [3.63, 3.8) is 0 Å². The molecule has 4 heteroatoms. The summed E-state index contributed by atoms with van der Waals surface area (Å²) in [6.45, 7) is 2.00. The second kappa shape index (κ2) is 6.55. The van der Waals surface area contributed by atoms with Crippen LogP contribution in [0, 0.1) is 0 Å². The molecule has 2 nitrogen and oxygen atoms in total. The fraction of sp³-hybridized carbons (Fsp3) is 0.200. The van der Waals surface area contributed by atoms with Gasteiger partial charge in [0.05, 0.1) is 4.47 Å². The van der Waals surface area contributed by atoms with Gasteiger partial charge in [-0.1, -0.05) is 28.1 Å². The van der Waals surface area contributed by atoms with Crippen LogP contribution in [0.2, 0.25) is 0 Å². The van der Waals surface area contributed by atoms with Crippen molar-refractivity contribution in [2.75, 3.05) is 0 Å². The molecule has 0 heterocycles. The molecule has 0 bridgehead atoms. The Kier molecular flexibility index (Phi) is 5.02. The molecule has 0 spiro atoms. The summed E-state index contributed by atoms with van der Waals surface area (Å²) in [5, 5.41) is 0. The maximum absolute atomic E-state index is 5.84. The van der Waals surface area contributed by atoms with Gasteiger partial charge in [0.15, 0.2) is 0 Å². The fourth-order valence-electron chi connectivity index (χ4n) is 1.78. The minimum Gasteiger partial charge on any atom is -0.456 e. The van der Waals surface area contributed by atoms with Gasteiger partial charge in [-0.3, -0.25) is 0 Å². The van der Waals surface area contributed by atoms with E-state index < -0.39 is 0 Å². The van der Waals surface area contributed by atoms with Crippen LogP contribution >= 0.6 is 31.9 Å². The molecular weight excluding hydrogens is 370 g/mol. The van der Waals surface area contributed by atoms with Crippen molar-refractivity contribution >= 4 is 31.9 Å². The molecule has 0 fully saturated rings. The highest BCUT2D eigenvalue weighted by Gasteiger charge is 2.06. The van der Waals surface area contributed by atoms with Gasteiger partial charge in [0.2, 0.25) is 0 Å².